The predicted molar refractivity (Wildman–Crippen MR) is 77.9 cm³/mol. The van der Waals surface area contributed by atoms with Gasteiger partial charge in [-0.25, -0.2) is 12.8 Å². The van der Waals surface area contributed by atoms with Crippen molar-refractivity contribution >= 4 is 31.6 Å². The van der Waals surface area contributed by atoms with Crippen LogP contribution in [0.5, 0.6) is 0 Å². The molecule has 7 heteroatoms. The molecule has 0 radical (unpaired) electrons. The van der Waals surface area contributed by atoms with Gasteiger partial charge >= 0.3 is 0 Å². The average molecular weight is 353 g/mol. The maximum absolute atomic E-state index is 13.3. The first-order valence-electron chi connectivity index (χ1n) is 6.09. The SMILES string of the molecule is CCCCN(CC)S(=O)(=O)c1cc(Br)c(F)cc1N. The molecule has 0 atom stereocenters. The molecule has 2 N–H and O–H groups in total. The third-order valence-corrected chi connectivity index (χ3v) is 5.42. The second-order valence-corrected chi connectivity index (χ2v) is 6.92. The number of benzene rings is 1. The summed E-state index contributed by atoms with van der Waals surface area (Å²) < 4.78 is 39.7. The molecule has 0 heterocycles. The highest BCUT2D eigenvalue weighted by molar-refractivity contribution is 9.10. The minimum Gasteiger partial charge on any atom is -0.398 e. The summed E-state index contributed by atoms with van der Waals surface area (Å²) in [7, 11) is -3.68. The van der Waals surface area contributed by atoms with Gasteiger partial charge in [0.25, 0.3) is 0 Å². The Morgan fingerprint density at radius 3 is 2.53 bits per heavy atom. The van der Waals surface area contributed by atoms with Crippen LogP contribution >= 0.6 is 15.9 Å². The van der Waals surface area contributed by atoms with Crippen molar-refractivity contribution in [2.75, 3.05) is 18.8 Å². The zero-order chi connectivity index (χ0) is 14.6. The third kappa shape index (κ3) is 3.67. The number of rotatable bonds is 6. The molecule has 0 aliphatic rings. The average Bonchev–Trinajstić information content (AvgIpc) is 2.34. The van der Waals surface area contributed by atoms with Crippen LogP contribution in [0.4, 0.5) is 10.1 Å². The molecule has 108 valence electrons. The summed E-state index contributed by atoms with van der Waals surface area (Å²) in [5, 5.41) is 0. The minimum absolute atomic E-state index is 0.0567. The molecule has 0 fully saturated rings. The normalized spacial score (nSPS) is 12.1. The van der Waals surface area contributed by atoms with Gasteiger partial charge in [0.2, 0.25) is 10.0 Å². The Labute approximate surface area is 122 Å². The summed E-state index contributed by atoms with van der Waals surface area (Å²) in [6, 6.07) is 2.24. The lowest BCUT2D eigenvalue weighted by molar-refractivity contribution is 0.419. The highest BCUT2D eigenvalue weighted by Crippen LogP contribution is 2.28. The molecule has 19 heavy (non-hydrogen) atoms. The van der Waals surface area contributed by atoms with Gasteiger partial charge < -0.3 is 5.73 Å². The number of unbranched alkanes of at least 4 members (excludes halogenated alkanes) is 1. The van der Waals surface area contributed by atoms with Crippen molar-refractivity contribution in [1.82, 2.24) is 4.31 Å². The van der Waals surface area contributed by atoms with E-state index < -0.39 is 15.8 Å². The van der Waals surface area contributed by atoms with E-state index in [9.17, 15) is 12.8 Å². The van der Waals surface area contributed by atoms with E-state index in [1.54, 1.807) is 6.92 Å². The molecule has 0 unspecified atom stereocenters. The topological polar surface area (TPSA) is 63.4 Å². The number of nitrogens with zero attached hydrogens (tertiary/aromatic N) is 1. The number of nitrogen functional groups attached to an aromatic ring is 1. The van der Waals surface area contributed by atoms with Crippen LogP contribution in [-0.2, 0) is 10.0 Å². The van der Waals surface area contributed by atoms with Gasteiger partial charge in [0.05, 0.1) is 10.2 Å². The van der Waals surface area contributed by atoms with Gasteiger partial charge in [-0.05, 0) is 34.5 Å². The Morgan fingerprint density at radius 1 is 1.37 bits per heavy atom. The van der Waals surface area contributed by atoms with Crippen molar-refractivity contribution in [3.05, 3.63) is 22.4 Å². The van der Waals surface area contributed by atoms with E-state index in [0.717, 1.165) is 18.9 Å². The summed E-state index contributed by atoms with van der Waals surface area (Å²) in [6.07, 6.45) is 1.67. The predicted octanol–water partition coefficient (Wildman–Crippen LogP) is 2.98. The molecule has 0 aliphatic heterocycles. The van der Waals surface area contributed by atoms with Crippen molar-refractivity contribution in [2.24, 2.45) is 0 Å². The number of anilines is 1. The maximum atomic E-state index is 13.3. The number of nitrogens with two attached hydrogens (primary N) is 1. The lowest BCUT2D eigenvalue weighted by Crippen LogP contribution is -2.32. The maximum Gasteiger partial charge on any atom is 0.245 e. The molecule has 4 nitrogen and oxygen atoms in total. The molecule has 0 aromatic heterocycles. The fourth-order valence-electron chi connectivity index (χ4n) is 1.69. The van der Waals surface area contributed by atoms with E-state index in [-0.39, 0.29) is 15.1 Å². The Kier molecular flexibility index (Phi) is 5.76. The van der Waals surface area contributed by atoms with Gasteiger partial charge in [0, 0.05) is 13.1 Å². The van der Waals surface area contributed by atoms with Gasteiger partial charge in [0.15, 0.2) is 0 Å². The van der Waals surface area contributed by atoms with E-state index in [1.165, 1.54) is 10.4 Å². The van der Waals surface area contributed by atoms with Crippen molar-refractivity contribution in [3.63, 3.8) is 0 Å². The summed E-state index contributed by atoms with van der Waals surface area (Å²) >= 11 is 2.98. The number of hydrogen-bond acceptors (Lipinski definition) is 3. The van der Waals surface area contributed by atoms with Gasteiger partial charge in [-0.15, -0.1) is 0 Å². The van der Waals surface area contributed by atoms with Crippen LogP contribution in [0.2, 0.25) is 0 Å². The van der Waals surface area contributed by atoms with Crippen molar-refractivity contribution in [3.8, 4) is 0 Å². The van der Waals surface area contributed by atoms with Gasteiger partial charge in [-0.1, -0.05) is 20.3 Å². The van der Waals surface area contributed by atoms with Crippen LogP contribution in [0.3, 0.4) is 0 Å². The second-order valence-electron chi connectivity index (χ2n) is 4.15. The summed E-state index contributed by atoms with van der Waals surface area (Å²) in [5.74, 6) is -0.576. The van der Waals surface area contributed by atoms with Crippen LogP contribution in [0.15, 0.2) is 21.5 Å². The first kappa shape index (κ1) is 16.4. The van der Waals surface area contributed by atoms with Crippen LogP contribution in [0.1, 0.15) is 26.7 Å². The van der Waals surface area contributed by atoms with E-state index in [1.807, 2.05) is 6.92 Å². The van der Waals surface area contributed by atoms with E-state index in [0.29, 0.717) is 13.1 Å². The molecule has 0 saturated carbocycles. The number of hydrogen-bond donors (Lipinski definition) is 1. The smallest absolute Gasteiger partial charge is 0.245 e. The molecular formula is C12H18BrFN2O2S. The Bertz CT molecular complexity index is 549. The molecule has 1 aromatic carbocycles. The van der Waals surface area contributed by atoms with Crippen LogP contribution in [0, 0.1) is 5.82 Å². The molecule has 1 rings (SSSR count). The summed E-state index contributed by atoms with van der Waals surface area (Å²) in [5.41, 5.74) is 5.56. The summed E-state index contributed by atoms with van der Waals surface area (Å²) in [4.78, 5) is -0.0567. The van der Waals surface area contributed by atoms with Crippen molar-refractivity contribution in [1.29, 1.82) is 0 Å². The fourth-order valence-corrected chi connectivity index (χ4v) is 3.80. The first-order chi connectivity index (χ1) is 8.84. The third-order valence-electron chi connectivity index (χ3n) is 2.78. The Hall–Kier alpha value is -0.660. The van der Waals surface area contributed by atoms with Crippen molar-refractivity contribution in [2.45, 2.75) is 31.6 Å². The number of sulfonamides is 1. The Morgan fingerprint density at radius 2 is 2.00 bits per heavy atom. The van der Waals surface area contributed by atoms with E-state index in [4.69, 9.17) is 5.73 Å². The Balaban J connectivity index is 3.22. The molecule has 0 saturated heterocycles. The van der Waals surface area contributed by atoms with Crippen molar-refractivity contribution < 1.29 is 12.8 Å². The molecule has 0 spiro atoms. The molecule has 1 aromatic rings. The second kappa shape index (κ2) is 6.67. The lowest BCUT2D eigenvalue weighted by Gasteiger charge is -2.21. The molecule has 0 aliphatic carbocycles. The largest absolute Gasteiger partial charge is 0.398 e. The molecule has 0 amide bonds. The molecule has 0 bridgehead atoms. The zero-order valence-electron chi connectivity index (χ0n) is 11.0. The minimum atomic E-state index is -3.68. The summed E-state index contributed by atoms with van der Waals surface area (Å²) in [6.45, 7) is 4.55. The highest BCUT2D eigenvalue weighted by atomic mass is 79.9. The van der Waals surface area contributed by atoms with E-state index >= 15 is 0 Å². The lowest BCUT2D eigenvalue weighted by atomic mass is 10.3. The standard InChI is InChI=1S/C12H18BrFN2O2S/c1-3-5-6-16(4-2)19(17,18)12-7-9(13)10(14)8-11(12)15/h7-8H,3-6,15H2,1-2H3. The first-order valence-corrected chi connectivity index (χ1v) is 8.32. The monoisotopic (exact) mass is 352 g/mol. The fraction of sp³-hybridized carbons (Fsp3) is 0.500. The van der Waals surface area contributed by atoms with Gasteiger partial charge in [0.1, 0.15) is 10.7 Å². The van der Waals surface area contributed by atoms with Crippen LogP contribution in [0.25, 0.3) is 0 Å². The van der Waals surface area contributed by atoms with E-state index in [2.05, 4.69) is 15.9 Å². The molecular weight excluding hydrogens is 335 g/mol. The zero-order valence-corrected chi connectivity index (χ0v) is 13.4. The van der Waals surface area contributed by atoms with Crippen LogP contribution < -0.4 is 5.73 Å². The van der Waals surface area contributed by atoms with Crippen LogP contribution in [-0.4, -0.2) is 25.8 Å². The quantitative estimate of drug-likeness (QED) is 0.800. The van der Waals surface area contributed by atoms with Gasteiger partial charge in [-0.2, -0.15) is 4.31 Å². The number of halogens is 2. The highest BCUT2D eigenvalue weighted by Gasteiger charge is 2.26. The van der Waals surface area contributed by atoms with Gasteiger partial charge in [-0.3, -0.25) is 0 Å².